The number of allylic oxidation sites excluding steroid dienone is 1. The summed E-state index contributed by atoms with van der Waals surface area (Å²) >= 11 is 3.21. The number of halogens is 1. The average molecular weight is 188 g/mol. The van der Waals surface area contributed by atoms with Gasteiger partial charge in [-0.25, -0.2) is 0 Å². The summed E-state index contributed by atoms with van der Waals surface area (Å²) < 4.78 is 0. The van der Waals surface area contributed by atoms with E-state index in [1.807, 2.05) is 6.08 Å². The predicted molar refractivity (Wildman–Crippen MR) is 42.4 cm³/mol. The Morgan fingerprint density at radius 3 is 2.89 bits per heavy atom. The van der Waals surface area contributed by atoms with E-state index in [0.29, 0.717) is 0 Å². The van der Waals surface area contributed by atoms with E-state index in [1.165, 1.54) is 0 Å². The number of hydrogen-bond donors (Lipinski definition) is 0. The molecule has 0 fully saturated rings. The second-order valence-corrected chi connectivity index (χ2v) is 2.92. The van der Waals surface area contributed by atoms with Crippen molar-refractivity contribution in [2.75, 3.05) is 0 Å². The molecule has 0 spiro atoms. The molecule has 0 saturated carbocycles. The first-order valence-corrected chi connectivity index (χ1v) is 3.87. The molecule has 0 aromatic heterocycles. The minimum Gasteiger partial charge on any atom is -0.197 e. The van der Waals surface area contributed by atoms with Crippen LogP contribution in [-0.4, -0.2) is 4.83 Å². The fourth-order valence-corrected chi connectivity index (χ4v) is 0.830. The summed E-state index contributed by atoms with van der Waals surface area (Å²) in [5.41, 5.74) is 0. The van der Waals surface area contributed by atoms with E-state index < -0.39 is 0 Å². The zero-order chi connectivity index (χ0) is 7.11. The molecular formula is C7H10BrN. The lowest BCUT2D eigenvalue weighted by molar-refractivity contribution is 0.784. The highest BCUT2D eigenvalue weighted by Crippen LogP contribution is 2.07. The molecule has 0 rings (SSSR count). The van der Waals surface area contributed by atoms with Gasteiger partial charge in [0.2, 0.25) is 0 Å². The Balaban J connectivity index is 3.08. The molecule has 0 heterocycles. The molecule has 1 unspecified atom stereocenters. The Kier molecular flexibility index (Phi) is 5.65. The molecule has 1 nitrogen and oxygen atoms in total. The lowest BCUT2D eigenvalue weighted by atomic mass is 10.2. The molecule has 0 aliphatic heterocycles. The van der Waals surface area contributed by atoms with Gasteiger partial charge in [-0.05, 0) is 19.3 Å². The maximum atomic E-state index is 8.31. The highest BCUT2D eigenvalue weighted by atomic mass is 79.9. The summed E-state index contributed by atoms with van der Waals surface area (Å²) in [4.78, 5) is 0.0254. The normalized spacial score (nSPS) is 12.0. The van der Waals surface area contributed by atoms with Crippen LogP contribution in [0.4, 0.5) is 0 Å². The molecule has 0 N–H and O–H groups in total. The third-order valence-electron chi connectivity index (χ3n) is 1.01. The maximum absolute atomic E-state index is 8.31. The first-order valence-electron chi connectivity index (χ1n) is 2.96. The number of nitriles is 1. The van der Waals surface area contributed by atoms with Gasteiger partial charge in [0.1, 0.15) is 4.83 Å². The van der Waals surface area contributed by atoms with Gasteiger partial charge < -0.3 is 0 Å². The van der Waals surface area contributed by atoms with Crippen molar-refractivity contribution in [1.29, 1.82) is 5.26 Å². The van der Waals surface area contributed by atoms with Crippen molar-refractivity contribution in [2.24, 2.45) is 0 Å². The van der Waals surface area contributed by atoms with Gasteiger partial charge in [0.25, 0.3) is 0 Å². The number of rotatable bonds is 4. The molecule has 2 heteroatoms. The highest BCUT2D eigenvalue weighted by molar-refractivity contribution is 9.09. The maximum Gasteiger partial charge on any atom is 0.101 e. The fraction of sp³-hybridized carbons (Fsp3) is 0.571. The predicted octanol–water partition coefficient (Wildman–Crippen LogP) is 2.63. The molecule has 0 aliphatic carbocycles. The van der Waals surface area contributed by atoms with Crippen molar-refractivity contribution in [3.05, 3.63) is 12.7 Å². The minimum atomic E-state index is 0.0254. The van der Waals surface area contributed by atoms with Gasteiger partial charge in [0, 0.05) is 0 Å². The van der Waals surface area contributed by atoms with Crippen LogP contribution in [-0.2, 0) is 0 Å². The average Bonchev–Trinajstić information content (AvgIpc) is 1.89. The van der Waals surface area contributed by atoms with Crippen LogP contribution in [0, 0.1) is 11.3 Å². The largest absolute Gasteiger partial charge is 0.197 e. The zero-order valence-corrected chi connectivity index (χ0v) is 6.89. The molecule has 0 radical (unpaired) electrons. The van der Waals surface area contributed by atoms with Crippen molar-refractivity contribution < 1.29 is 0 Å². The lowest BCUT2D eigenvalue weighted by Crippen LogP contribution is -1.90. The summed E-state index contributed by atoms with van der Waals surface area (Å²) in [7, 11) is 0. The molecule has 50 valence electrons. The Morgan fingerprint density at radius 1 is 1.78 bits per heavy atom. The molecular weight excluding hydrogens is 178 g/mol. The number of nitrogens with zero attached hydrogens (tertiary/aromatic N) is 1. The van der Waals surface area contributed by atoms with Crippen molar-refractivity contribution in [1.82, 2.24) is 0 Å². The van der Waals surface area contributed by atoms with E-state index in [1.54, 1.807) is 0 Å². The van der Waals surface area contributed by atoms with Crippen molar-refractivity contribution in [3.8, 4) is 6.07 Å². The molecule has 9 heavy (non-hydrogen) atoms. The molecule has 0 bridgehead atoms. The SMILES string of the molecule is C=CCCCC(Br)C#N. The summed E-state index contributed by atoms with van der Waals surface area (Å²) in [6.45, 7) is 3.59. The van der Waals surface area contributed by atoms with Crippen LogP contribution >= 0.6 is 15.9 Å². The van der Waals surface area contributed by atoms with E-state index in [0.717, 1.165) is 19.3 Å². The lowest BCUT2D eigenvalue weighted by Gasteiger charge is -1.95. The van der Waals surface area contributed by atoms with Crippen molar-refractivity contribution in [2.45, 2.75) is 24.1 Å². The van der Waals surface area contributed by atoms with Gasteiger partial charge in [0.05, 0.1) is 6.07 Å². The quantitative estimate of drug-likeness (QED) is 0.378. The molecule has 0 aromatic carbocycles. The number of hydrogen-bond acceptors (Lipinski definition) is 1. The van der Waals surface area contributed by atoms with Crippen LogP contribution in [0.3, 0.4) is 0 Å². The summed E-state index contributed by atoms with van der Waals surface area (Å²) in [6, 6.07) is 2.11. The summed E-state index contributed by atoms with van der Waals surface area (Å²) in [5, 5.41) is 8.31. The third-order valence-corrected chi connectivity index (χ3v) is 1.67. The molecule has 0 amide bonds. The Hall–Kier alpha value is -0.290. The van der Waals surface area contributed by atoms with Crippen LogP contribution in [0.1, 0.15) is 19.3 Å². The zero-order valence-electron chi connectivity index (χ0n) is 5.31. The standard InChI is InChI=1S/C7H10BrN/c1-2-3-4-5-7(8)6-9/h2,7H,1,3-5H2. The fourth-order valence-electron chi connectivity index (χ4n) is 0.506. The van der Waals surface area contributed by atoms with E-state index in [9.17, 15) is 0 Å². The van der Waals surface area contributed by atoms with Crippen molar-refractivity contribution >= 4 is 15.9 Å². The van der Waals surface area contributed by atoms with Crippen LogP contribution < -0.4 is 0 Å². The van der Waals surface area contributed by atoms with E-state index in [-0.39, 0.29) is 4.83 Å². The molecule has 0 saturated heterocycles. The van der Waals surface area contributed by atoms with Crippen LogP contribution in [0.2, 0.25) is 0 Å². The number of alkyl halides is 1. The van der Waals surface area contributed by atoms with Gasteiger partial charge in [-0.15, -0.1) is 6.58 Å². The van der Waals surface area contributed by atoms with Crippen molar-refractivity contribution in [3.63, 3.8) is 0 Å². The number of unbranched alkanes of at least 4 members (excludes halogenated alkanes) is 1. The Labute approximate surface area is 64.5 Å². The van der Waals surface area contributed by atoms with E-state index >= 15 is 0 Å². The minimum absolute atomic E-state index is 0.0254. The second kappa shape index (κ2) is 5.84. The molecule has 0 aliphatic rings. The summed E-state index contributed by atoms with van der Waals surface area (Å²) in [5.74, 6) is 0. The first-order chi connectivity index (χ1) is 4.31. The summed E-state index contributed by atoms with van der Waals surface area (Å²) in [6.07, 6.45) is 4.84. The smallest absolute Gasteiger partial charge is 0.101 e. The van der Waals surface area contributed by atoms with E-state index in [2.05, 4.69) is 28.6 Å². The van der Waals surface area contributed by atoms with Crippen LogP contribution in [0.25, 0.3) is 0 Å². The molecule has 1 atom stereocenters. The van der Waals surface area contributed by atoms with Gasteiger partial charge in [0.15, 0.2) is 0 Å². The van der Waals surface area contributed by atoms with E-state index in [4.69, 9.17) is 5.26 Å². The van der Waals surface area contributed by atoms with Crippen LogP contribution in [0.15, 0.2) is 12.7 Å². The van der Waals surface area contributed by atoms with Gasteiger partial charge in [-0.2, -0.15) is 5.26 Å². The first kappa shape index (κ1) is 8.71. The Bertz CT molecular complexity index is 115. The third kappa shape index (κ3) is 5.58. The van der Waals surface area contributed by atoms with Gasteiger partial charge >= 0.3 is 0 Å². The second-order valence-electron chi connectivity index (χ2n) is 1.82. The molecule has 0 aromatic rings. The Morgan fingerprint density at radius 2 is 2.44 bits per heavy atom. The van der Waals surface area contributed by atoms with Crippen LogP contribution in [0.5, 0.6) is 0 Å². The highest BCUT2D eigenvalue weighted by Gasteiger charge is 1.97. The topological polar surface area (TPSA) is 23.8 Å². The monoisotopic (exact) mass is 187 g/mol. The van der Waals surface area contributed by atoms with Gasteiger partial charge in [-0.3, -0.25) is 0 Å². The van der Waals surface area contributed by atoms with Gasteiger partial charge in [-0.1, -0.05) is 22.0 Å².